The third kappa shape index (κ3) is 5.02. The molecule has 0 saturated carbocycles. The van der Waals surface area contributed by atoms with E-state index in [-0.39, 0.29) is 48.1 Å². The van der Waals surface area contributed by atoms with Crippen LogP contribution < -0.4 is 5.69 Å². The number of hydrogen-bond donors (Lipinski definition) is 1. The number of morpholine rings is 1. The molecule has 0 aliphatic carbocycles. The minimum atomic E-state index is -3.76. The molecule has 0 radical (unpaired) electrons. The monoisotopic (exact) mass is 473 g/mol. The first-order chi connectivity index (χ1) is 15.8. The predicted molar refractivity (Wildman–Crippen MR) is 123 cm³/mol. The highest BCUT2D eigenvalue weighted by atomic mass is 32.2. The van der Waals surface area contributed by atoms with Gasteiger partial charge in [-0.2, -0.15) is 4.31 Å². The first-order valence-electron chi connectivity index (χ1n) is 10.9. The summed E-state index contributed by atoms with van der Waals surface area (Å²) in [7, 11) is -3.76. The summed E-state index contributed by atoms with van der Waals surface area (Å²) in [6.45, 7) is 4.66. The highest BCUT2D eigenvalue weighted by Gasteiger charge is 2.32. The summed E-state index contributed by atoms with van der Waals surface area (Å²) in [6, 6.07) is 13.2. The minimum absolute atomic E-state index is 0.0450. The molecule has 10 heteroatoms. The van der Waals surface area contributed by atoms with Crippen molar-refractivity contribution >= 4 is 27.0 Å². The van der Waals surface area contributed by atoms with Gasteiger partial charge in [0.15, 0.2) is 0 Å². The highest BCUT2D eigenvalue weighted by molar-refractivity contribution is 7.89. The highest BCUT2D eigenvalue weighted by Crippen LogP contribution is 2.22. The molecule has 1 N–H and O–H groups in total. The van der Waals surface area contributed by atoms with Crippen molar-refractivity contribution in [1.29, 1.82) is 0 Å². The number of para-hydroxylation sites is 2. The second-order valence-corrected chi connectivity index (χ2v) is 10.1. The maximum atomic E-state index is 13.1. The van der Waals surface area contributed by atoms with Gasteiger partial charge in [0.05, 0.1) is 40.3 Å². The van der Waals surface area contributed by atoms with Crippen LogP contribution in [0.5, 0.6) is 0 Å². The van der Waals surface area contributed by atoms with Crippen LogP contribution in [-0.4, -0.2) is 60.1 Å². The van der Waals surface area contributed by atoms with Crippen molar-refractivity contribution in [3.63, 3.8) is 0 Å². The number of imidazole rings is 1. The lowest BCUT2D eigenvalue weighted by Gasteiger charge is -2.34. The first-order valence-corrected chi connectivity index (χ1v) is 12.3. The minimum Gasteiger partial charge on any atom is -0.462 e. The maximum Gasteiger partial charge on any atom is 0.338 e. The van der Waals surface area contributed by atoms with Gasteiger partial charge in [-0.1, -0.05) is 18.2 Å². The fraction of sp³-hybridized carbons (Fsp3) is 0.391. The van der Waals surface area contributed by atoms with Gasteiger partial charge in [-0.05, 0) is 50.6 Å². The lowest BCUT2D eigenvalue weighted by molar-refractivity contribution is -0.0440. The summed E-state index contributed by atoms with van der Waals surface area (Å²) in [5.74, 6) is -0.609. The number of hydrogen-bond acceptors (Lipinski definition) is 6. The van der Waals surface area contributed by atoms with Crippen molar-refractivity contribution in [2.24, 2.45) is 0 Å². The molecular formula is C23H27N3O6S. The zero-order valence-electron chi connectivity index (χ0n) is 18.6. The van der Waals surface area contributed by atoms with Gasteiger partial charge in [0.2, 0.25) is 10.0 Å². The van der Waals surface area contributed by atoms with E-state index in [2.05, 4.69) is 4.98 Å². The molecule has 1 aromatic heterocycles. The Bertz CT molecular complexity index is 1300. The summed E-state index contributed by atoms with van der Waals surface area (Å²) in [4.78, 5) is 27.5. The summed E-state index contributed by atoms with van der Waals surface area (Å²) in [5, 5.41) is 0. The Hall–Kier alpha value is -2.95. The van der Waals surface area contributed by atoms with Crippen molar-refractivity contribution in [2.45, 2.75) is 43.9 Å². The molecule has 1 aliphatic heterocycles. The topological polar surface area (TPSA) is 111 Å². The quantitative estimate of drug-likeness (QED) is 0.417. The number of sulfonamides is 1. The Morgan fingerprint density at radius 1 is 1.12 bits per heavy atom. The number of benzene rings is 2. The van der Waals surface area contributed by atoms with Gasteiger partial charge < -0.3 is 14.5 Å². The first kappa shape index (κ1) is 23.2. The van der Waals surface area contributed by atoms with E-state index in [1.807, 2.05) is 38.1 Å². The van der Waals surface area contributed by atoms with Crippen LogP contribution in [0.25, 0.3) is 11.0 Å². The fourth-order valence-electron chi connectivity index (χ4n) is 4.06. The van der Waals surface area contributed by atoms with E-state index in [0.29, 0.717) is 13.0 Å². The molecule has 0 spiro atoms. The summed E-state index contributed by atoms with van der Waals surface area (Å²) in [5.41, 5.74) is 1.49. The number of ether oxygens (including phenoxy) is 2. The molecule has 0 amide bonds. The molecule has 176 valence electrons. The van der Waals surface area contributed by atoms with Gasteiger partial charge in [-0.15, -0.1) is 0 Å². The van der Waals surface area contributed by atoms with E-state index in [0.717, 1.165) is 11.0 Å². The number of H-pyrrole nitrogens is 1. The summed E-state index contributed by atoms with van der Waals surface area (Å²) in [6.07, 6.45) is 0.0253. The smallest absolute Gasteiger partial charge is 0.338 e. The average Bonchev–Trinajstić information content (AvgIpc) is 3.11. The number of rotatable bonds is 7. The molecule has 1 saturated heterocycles. The van der Waals surface area contributed by atoms with E-state index in [4.69, 9.17) is 9.47 Å². The van der Waals surface area contributed by atoms with Crippen molar-refractivity contribution in [1.82, 2.24) is 13.9 Å². The second kappa shape index (κ2) is 9.50. The van der Waals surface area contributed by atoms with Crippen LogP contribution in [-0.2, 0) is 26.0 Å². The van der Waals surface area contributed by atoms with Gasteiger partial charge >= 0.3 is 11.7 Å². The zero-order chi connectivity index (χ0) is 23.6. The van der Waals surface area contributed by atoms with Crippen LogP contribution in [0.15, 0.2) is 58.2 Å². The van der Waals surface area contributed by atoms with Crippen LogP contribution in [0.1, 0.15) is 30.6 Å². The van der Waals surface area contributed by atoms with E-state index in [1.165, 1.54) is 28.6 Å². The second-order valence-electron chi connectivity index (χ2n) is 8.20. The SMILES string of the molecule is CC1CN(S(=O)(=O)c2cccc(C(=O)OCCCn3c(=O)[nH]c4ccccc43)c2)CC(C)O1. The Labute approximate surface area is 192 Å². The van der Waals surface area contributed by atoms with E-state index in [1.54, 1.807) is 4.57 Å². The number of carbonyl (C=O) groups is 1. The van der Waals surface area contributed by atoms with E-state index < -0.39 is 16.0 Å². The van der Waals surface area contributed by atoms with Gasteiger partial charge in [0.25, 0.3) is 0 Å². The third-order valence-electron chi connectivity index (χ3n) is 5.53. The molecule has 2 aromatic carbocycles. The number of esters is 1. The summed E-state index contributed by atoms with van der Waals surface area (Å²) < 4.78 is 40.1. The Kier molecular flexibility index (Phi) is 6.68. The van der Waals surface area contributed by atoms with Crippen LogP contribution >= 0.6 is 0 Å². The zero-order valence-corrected chi connectivity index (χ0v) is 19.4. The van der Waals surface area contributed by atoms with Crippen molar-refractivity contribution in [2.75, 3.05) is 19.7 Å². The van der Waals surface area contributed by atoms with Crippen molar-refractivity contribution < 1.29 is 22.7 Å². The van der Waals surface area contributed by atoms with Crippen LogP contribution in [0, 0.1) is 0 Å². The molecular weight excluding hydrogens is 446 g/mol. The molecule has 0 bridgehead atoms. The van der Waals surface area contributed by atoms with Gasteiger partial charge in [0, 0.05) is 19.6 Å². The Morgan fingerprint density at radius 3 is 2.61 bits per heavy atom. The van der Waals surface area contributed by atoms with Gasteiger partial charge in [-0.3, -0.25) is 4.57 Å². The number of carbonyl (C=O) groups excluding carboxylic acids is 1. The van der Waals surface area contributed by atoms with E-state index in [9.17, 15) is 18.0 Å². The lowest BCUT2D eigenvalue weighted by Crippen LogP contribution is -2.48. The number of aryl methyl sites for hydroxylation is 1. The number of aromatic amines is 1. The maximum absolute atomic E-state index is 13.1. The predicted octanol–water partition coefficient (Wildman–Crippen LogP) is 2.37. The lowest BCUT2D eigenvalue weighted by atomic mass is 10.2. The Morgan fingerprint density at radius 2 is 1.85 bits per heavy atom. The molecule has 1 fully saturated rings. The fourth-order valence-corrected chi connectivity index (χ4v) is 5.70. The molecule has 1 aliphatic rings. The Balaban J connectivity index is 1.38. The average molecular weight is 474 g/mol. The molecule has 2 unspecified atom stereocenters. The number of aromatic nitrogens is 2. The number of fused-ring (bicyclic) bond motifs is 1. The molecule has 3 aromatic rings. The molecule has 2 atom stereocenters. The summed E-state index contributed by atoms with van der Waals surface area (Å²) >= 11 is 0. The standard InChI is InChI=1S/C23H27N3O6S/c1-16-14-25(15-17(2)32-16)33(29,30)19-8-5-7-18(13-19)22(27)31-12-6-11-26-21-10-4-3-9-20(21)24-23(26)28/h3-5,7-10,13,16-17H,6,11-12,14-15H2,1-2H3,(H,24,28). The normalized spacial score (nSPS) is 19.6. The molecule has 2 heterocycles. The molecule has 4 rings (SSSR count). The van der Waals surface area contributed by atoms with E-state index >= 15 is 0 Å². The molecule has 33 heavy (non-hydrogen) atoms. The molecule has 9 nitrogen and oxygen atoms in total. The number of nitrogens with zero attached hydrogens (tertiary/aromatic N) is 2. The van der Waals surface area contributed by atoms with Gasteiger partial charge in [-0.25, -0.2) is 18.0 Å². The number of nitrogens with one attached hydrogen (secondary N) is 1. The van der Waals surface area contributed by atoms with Crippen LogP contribution in [0.2, 0.25) is 0 Å². The van der Waals surface area contributed by atoms with Crippen LogP contribution in [0.4, 0.5) is 0 Å². The van der Waals surface area contributed by atoms with Crippen molar-refractivity contribution in [3.05, 3.63) is 64.6 Å². The van der Waals surface area contributed by atoms with Crippen LogP contribution in [0.3, 0.4) is 0 Å². The third-order valence-corrected chi connectivity index (χ3v) is 7.36. The van der Waals surface area contributed by atoms with Crippen molar-refractivity contribution in [3.8, 4) is 0 Å². The largest absolute Gasteiger partial charge is 0.462 e. The van der Waals surface area contributed by atoms with Gasteiger partial charge in [0.1, 0.15) is 0 Å².